The van der Waals surface area contributed by atoms with Gasteiger partial charge in [0, 0.05) is 28.5 Å². The molecule has 1 heterocycles. The number of hydrogen-bond acceptors (Lipinski definition) is 4. The molecule has 1 amide bonds. The molecule has 0 aliphatic carbocycles. The quantitative estimate of drug-likeness (QED) is 0.437. The summed E-state index contributed by atoms with van der Waals surface area (Å²) in [6.07, 6.45) is 0.304. The van der Waals surface area contributed by atoms with E-state index in [2.05, 4.69) is 10.3 Å². The van der Waals surface area contributed by atoms with E-state index in [1.165, 1.54) is 11.3 Å². The van der Waals surface area contributed by atoms with Crippen LogP contribution in [0.15, 0.2) is 90.3 Å². The summed E-state index contributed by atoms with van der Waals surface area (Å²) in [6, 6.07) is 26.1. The SMILES string of the molecule is O=C(Cc1ccc(C(=O)Nc2nc(-c3ccccc3)cs2)cc1)c1ccccc1. The summed E-state index contributed by atoms with van der Waals surface area (Å²) in [4.78, 5) is 29.3. The molecule has 0 saturated heterocycles. The van der Waals surface area contributed by atoms with E-state index in [0.29, 0.717) is 22.7 Å². The summed E-state index contributed by atoms with van der Waals surface area (Å²) < 4.78 is 0. The van der Waals surface area contributed by atoms with Crippen LogP contribution in [0.3, 0.4) is 0 Å². The summed E-state index contributed by atoms with van der Waals surface area (Å²) in [7, 11) is 0. The number of hydrogen-bond donors (Lipinski definition) is 1. The number of thiazole rings is 1. The molecule has 5 heteroatoms. The van der Waals surface area contributed by atoms with Crippen LogP contribution < -0.4 is 5.32 Å². The average Bonchev–Trinajstić information content (AvgIpc) is 3.24. The van der Waals surface area contributed by atoms with E-state index in [9.17, 15) is 9.59 Å². The van der Waals surface area contributed by atoms with E-state index in [1.54, 1.807) is 12.1 Å². The zero-order chi connectivity index (χ0) is 20.1. The fourth-order valence-corrected chi connectivity index (χ4v) is 3.64. The second kappa shape index (κ2) is 8.63. The number of nitrogens with one attached hydrogen (secondary N) is 1. The Morgan fingerprint density at radius 1 is 0.793 bits per heavy atom. The van der Waals surface area contributed by atoms with Gasteiger partial charge in [-0.05, 0) is 17.7 Å². The molecular weight excluding hydrogens is 380 g/mol. The molecule has 0 spiro atoms. The van der Waals surface area contributed by atoms with Gasteiger partial charge in [0.2, 0.25) is 0 Å². The number of nitrogens with zero attached hydrogens (tertiary/aromatic N) is 1. The van der Waals surface area contributed by atoms with Gasteiger partial charge in [-0.2, -0.15) is 0 Å². The van der Waals surface area contributed by atoms with E-state index in [1.807, 2.05) is 78.2 Å². The molecule has 3 aromatic carbocycles. The topological polar surface area (TPSA) is 59.1 Å². The first-order valence-electron chi connectivity index (χ1n) is 9.18. The Hall–Kier alpha value is -3.57. The van der Waals surface area contributed by atoms with Crippen molar-refractivity contribution in [1.29, 1.82) is 0 Å². The molecule has 1 N–H and O–H groups in total. The smallest absolute Gasteiger partial charge is 0.257 e. The van der Waals surface area contributed by atoms with Crippen molar-refractivity contribution in [3.63, 3.8) is 0 Å². The molecule has 0 radical (unpaired) electrons. The lowest BCUT2D eigenvalue weighted by atomic mass is 10.0. The summed E-state index contributed by atoms with van der Waals surface area (Å²) in [5, 5.41) is 5.31. The maximum absolute atomic E-state index is 12.5. The van der Waals surface area contributed by atoms with Crippen LogP contribution in [0.5, 0.6) is 0 Å². The van der Waals surface area contributed by atoms with Gasteiger partial charge in [0.05, 0.1) is 5.69 Å². The first kappa shape index (κ1) is 18.8. The third-order valence-corrected chi connectivity index (χ3v) is 5.23. The van der Waals surface area contributed by atoms with E-state index in [0.717, 1.165) is 16.8 Å². The number of rotatable bonds is 6. The first-order chi connectivity index (χ1) is 14.2. The minimum Gasteiger partial charge on any atom is -0.298 e. The fraction of sp³-hybridized carbons (Fsp3) is 0.0417. The van der Waals surface area contributed by atoms with Crippen molar-refractivity contribution in [3.8, 4) is 11.3 Å². The van der Waals surface area contributed by atoms with Crippen molar-refractivity contribution in [2.45, 2.75) is 6.42 Å². The van der Waals surface area contributed by atoms with Crippen molar-refractivity contribution in [3.05, 3.63) is 107 Å². The molecule has 4 rings (SSSR count). The van der Waals surface area contributed by atoms with Crippen LogP contribution in [0, 0.1) is 0 Å². The molecule has 4 aromatic rings. The van der Waals surface area contributed by atoms with Gasteiger partial charge in [0.15, 0.2) is 10.9 Å². The normalized spacial score (nSPS) is 10.5. The predicted octanol–water partition coefficient (Wildman–Crippen LogP) is 5.49. The van der Waals surface area contributed by atoms with E-state index < -0.39 is 0 Å². The number of anilines is 1. The van der Waals surface area contributed by atoms with E-state index in [4.69, 9.17) is 0 Å². The van der Waals surface area contributed by atoms with Crippen LogP contribution in [-0.4, -0.2) is 16.7 Å². The van der Waals surface area contributed by atoms with Gasteiger partial charge in [-0.1, -0.05) is 72.8 Å². The Balaban J connectivity index is 1.40. The van der Waals surface area contributed by atoms with Crippen molar-refractivity contribution in [2.24, 2.45) is 0 Å². The lowest BCUT2D eigenvalue weighted by molar-refractivity contribution is 0.0991. The van der Waals surface area contributed by atoms with Crippen LogP contribution in [0.2, 0.25) is 0 Å². The minimum absolute atomic E-state index is 0.0547. The molecular formula is C24H18N2O2S. The third-order valence-electron chi connectivity index (χ3n) is 4.47. The lowest BCUT2D eigenvalue weighted by Crippen LogP contribution is -2.12. The highest BCUT2D eigenvalue weighted by Crippen LogP contribution is 2.25. The molecule has 0 unspecified atom stereocenters. The lowest BCUT2D eigenvalue weighted by Gasteiger charge is -2.05. The van der Waals surface area contributed by atoms with Gasteiger partial charge >= 0.3 is 0 Å². The molecule has 0 atom stereocenters. The molecule has 0 saturated carbocycles. The molecule has 0 bridgehead atoms. The highest BCUT2D eigenvalue weighted by Gasteiger charge is 2.11. The largest absolute Gasteiger partial charge is 0.298 e. The highest BCUT2D eigenvalue weighted by molar-refractivity contribution is 7.14. The van der Waals surface area contributed by atoms with Crippen LogP contribution >= 0.6 is 11.3 Å². The van der Waals surface area contributed by atoms with Gasteiger partial charge < -0.3 is 0 Å². The molecule has 142 valence electrons. The summed E-state index contributed by atoms with van der Waals surface area (Å²) in [5.74, 6) is -0.168. The Morgan fingerprint density at radius 2 is 1.45 bits per heavy atom. The van der Waals surface area contributed by atoms with Gasteiger partial charge in [-0.15, -0.1) is 11.3 Å². The summed E-state index contributed by atoms with van der Waals surface area (Å²) >= 11 is 1.39. The molecule has 0 aliphatic rings. The Morgan fingerprint density at radius 3 is 2.14 bits per heavy atom. The fourth-order valence-electron chi connectivity index (χ4n) is 2.93. The van der Waals surface area contributed by atoms with Crippen LogP contribution in [-0.2, 0) is 6.42 Å². The number of Topliss-reactive ketones (excluding diaryl/α,β-unsaturated/α-hetero) is 1. The Labute approximate surface area is 172 Å². The van der Waals surface area contributed by atoms with Crippen molar-refractivity contribution in [2.75, 3.05) is 5.32 Å². The Bertz CT molecular complexity index is 1120. The molecule has 1 aromatic heterocycles. The Kier molecular flexibility index (Phi) is 5.59. The molecule has 0 aliphatic heterocycles. The maximum atomic E-state index is 12.5. The van der Waals surface area contributed by atoms with E-state index in [-0.39, 0.29) is 11.7 Å². The van der Waals surface area contributed by atoms with Crippen LogP contribution in [0.1, 0.15) is 26.3 Å². The zero-order valence-corrected chi connectivity index (χ0v) is 16.4. The molecule has 29 heavy (non-hydrogen) atoms. The van der Waals surface area contributed by atoms with Crippen LogP contribution in [0.25, 0.3) is 11.3 Å². The zero-order valence-electron chi connectivity index (χ0n) is 15.5. The number of benzene rings is 3. The molecule has 4 nitrogen and oxygen atoms in total. The minimum atomic E-state index is -0.222. The van der Waals surface area contributed by atoms with Gasteiger partial charge in [-0.25, -0.2) is 4.98 Å². The summed E-state index contributed by atoms with van der Waals surface area (Å²) in [5.41, 5.74) is 3.93. The van der Waals surface area contributed by atoms with Crippen molar-refractivity contribution >= 4 is 28.2 Å². The first-order valence-corrected chi connectivity index (χ1v) is 10.1. The van der Waals surface area contributed by atoms with Gasteiger partial charge in [-0.3, -0.25) is 14.9 Å². The number of carbonyl (C=O) groups excluding carboxylic acids is 2. The summed E-state index contributed by atoms with van der Waals surface area (Å²) in [6.45, 7) is 0. The second-order valence-electron chi connectivity index (χ2n) is 6.52. The highest BCUT2D eigenvalue weighted by atomic mass is 32.1. The van der Waals surface area contributed by atoms with Crippen molar-refractivity contribution in [1.82, 2.24) is 4.98 Å². The number of amides is 1. The number of carbonyl (C=O) groups is 2. The number of aromatic nitrogens is 1. The third kappa shape index (κ3) is 4.65. The standard InChI is InChI=1S/C24H18N2O2S/c27-22(19-9-5-2-6-10-19)15-17-11-13-20(14-12-17)23(28)26-24-25-21(16-29-24)18-7-3-1-4-8-18/h1-14,16H,15H2,(H,25,26,28). The average molecular weight is 398 g/mol. The molecule has 0 fully saturated rings. The maximum Gasteiger partial charge on any atom is 0.257 e. The van der Waals surface area contributed by atoms with Crippen LogP contribution in [0.4, 0.5) is 5.13 Å². The monoisotopic (exact) mass is 398 g/mol. The predicted molar refractivity (Wildman–Crippen MR) is 116 cm³/mol. The number of ketones is 1. The van der Waals surface area contributed by atoms with E-state index >= 15 is 0 Å². The second-order valence-corrected chi connectivity index (χ2v) is 7.38. The van der Waals surface area contributed by atoms with Crippen molar-refractivity contribution < 1.29 is 9.59 Å². The van der Waals surface area contributed by atoms with Gasteiger partial charge in [0.25, 0.3) is 5.91 Å². The van der Waals surface area contributed by atoms with Gasteiger partial charge in [0.1, 0.15) is 0 Å².